The van der Waals surface area contributed by atoms with Gasteiger partial charge in [0.25, 0.3) is 0 Å². The van der Waals surface area contributed by atoms with Crippen molar-refractivity contribution >= 4 is 0 Å². The van der Waals surface area contributed by atoms with Crippen LogP contribution in [0.25, 0.3) is 0 Å². The molecule has 3 fully saturated rings. The third kappa shape index (κ3) is 2.46. The summed E-state index contributed by atoms with van der Waals surface area (Å²) in [6.07, 6.45) is 8.68. The van der Waals surface area contributed by atoms with Crippen LogP contribution < -0.4 is 5.32 Å². The predicted octanol–water partition coefficient (Wildman–Crippen LogP) is 3.03. The molecule has 2 nitrogen and oxygen atoms in total. The molecule has 4 atom stereocenters. The first-order valence-electron chi connectivity index (χ1n) is 8.09. The average Bonchev–Trinajstić information content (AvgIpc) is 3.17. The van der Waals surface area contributed by atoms with Crippen LogP contribution in [-0.4, -0.2) is 35.6 Å². The Kier molecular flexibility index (Phi) is 3.44. The smallest absolute Gasteiger partial charge is 0.0309 e. The Morgan fingerprint density at radius 2 is 1.89 bits per heavy atom. The molecule has 3 aliphatic rings. The van der Waals surface area contributed by atoms with Gasteiger partial charge in [0.2, 0.25) is 0 Å². The van der Waals surface area contributed by atoms with Gasteiger partial charge >= 0.3 is 0 Å². The summed E-state index contributed by atoms with van der Waals surface area (Å²) in [7, 11) is 0. The lowest BCUT2D eigenvalue weighted by molar-refractivity contribution is 0.0240. The quantitative estimate of drug-likeness (QED) is 0.810. The molecule has 1 heterocycles. The van der Waals surface area contributed by atoms with Gasteiger partial charge in [-0.3, -0.25) is 4.90 Å². The van der Waals surface area contributed by atoms with Crippen molar-refractivity contribution in [2.45, 2.75) is 76.9 Å². The second kappa shape index (κ2) is 4.79. The van der Waals surface area contributed by atoms with E-state index in [1.807, 2.05) is 0 Å². The summed E-state index contributed by atoms with van der Waals surface area (Å²) < 4.78 is 0. The lowest BCUT2D eigenvalue weighted by Crippen LogP contribution is -2.65. The monoisotopic (exact) mass is 250 g/mol. The second-order valence-corrected chi connectivity index (χ2v) is 7.52. The fraction of sp³-hybridized carbons (Fsp3) is 1.00. The fourth-order valence-corrected chi connectivity index (χ4v) is 4.28. The maximum Gasteiger partial charge on any atom is 0.0309 e. The molecule has 1 aliphatic heterocycles. The van der Waals surface area contributed by atoms with E-state index in [1.165, 1.54) is 51.6 Å². The van der Waals surface area contributed by atoms with E-state index in [-0.39, 0.29) is 0 Å². The van der Waals surface area contributed by atoms with E-state index < -0.39 is 0 Å². The summed E-state index contributed by atoms with van der Waals surface area (Å²) in [6, 6.07) is 1.59. The Morgan fingerprint density at radius 3 is 2.56 bits per heavy atom. The molecule has 2 heteroatoms. The van der Waals surface area contributed by atoms with Crippen LogP contribution >= 0.6 is 0 Å². The van der Waals surface area contributed by atoms with Crippen LogP contribution in [-0.2, 0) is 0 Å². The van der Waals surface area contributed by atoms with Crippen LogP contribution in [0, 0.1) is 11.8 Å². The molecule has 1 N–H and O–H groups in total. The topological polar surface area (TPSA) is 15.3 Å². The molecule has 0 radical (unpaired) electrons. The van der Waals surface area contributed by atoms with E-state index in [0.29, 0.717) is 5.54 Å². The Hall–Kier alpha value is -0.0800. The van der Waals surface area contributed by atoms with Crippen LogP contribution in [0.3, 0.4) is 0 Å². The molecule has 2 saturated carbocycles. The van der Waals surface area contributed by atoms with Crippen molar-refractivity contribution in [3.05, 3.63) is 0 Å². The highest BCUT2D eigenvalue weighted by atomic mass is 15.3. The van der Waals surface area contributed by atoms with Gasteiger partial charge in [-0.15, -0.1) is 0 Å². The lowest BCUT2D eigenvalue weighted by atomic mass is 9.83. The van der Waals surface area contributed by atoms with Gasteiger partial charge in [-0.2, -0.15) is 0 Å². The first-order chi connectivity index (χ1) is 8.58. The molecular weight excluding hydrogens is 220 g/mol. The van der Waals surface area contributed by atoms with Crippen LogP contribution in [0.15, 0.2) is 0 Å². The highest BCUT2D eigenvalue weighted by Crippen LogP contribution is 2.42. The van der Waals surface area contributed by atoms with E-state index in [0.717, 1.165) is 23.9 Å². The zero-order valence-electron chi connectivity index (χ0n) is 12.4. The van der Waals surface area contributed by atoms with Crippen LogP contribution in [0.1, 0.15) is 59.3 Å². The lowest BCUT2D eigenvalue weighted by Gasteiger charge is -2.50. The van der Waals surface area contributed by atoms with Crippen molar-refractivity contribution in [2.24, 2.45) is 11.8 Å². The van der Waals surface area contributed by atoms with Crippen LogP contribution in [0.4, 0.5) is 0 Å². The minimum atomic E-state index is 0.410. The number of hydrogen-bond acceptors (Lipinski definition) is 2. The third-order valence-electron chi connectivity index (χ3n) is 5.73. The number of nitrogens with one attached hydrogen (secondary N) is 1. The molecule has 3 rings (SSSR count). The molecule has 104 valence electrons. The molecule has 0 aromatic heterocycles. The van der Waals surface area contributed by atoms with Gasteiger partial charge in [-0.25, -0.2) is 0 Å². The van der Waals surface area contributed by atoms with Crippen molar-refractivity contribution in [1.82, 2.24) is 10.2 Å². The van der Waals surface area contributed by atoms with Crippen LogP contribution in [0.5, 0.6) is 0 Å². The first kappa shape index (κ1) is 12.9. The average molecular weight is 250 g/mol. The number of piperazine rings is 1. The third-order valence-corrected chi connectivity index (χ3v) is 5.73. The summed E-state index contributed by atoms with van der Waals surface area (Å²) in [5.41, 5.74) is 0.410. The van der Waals surface area contributed by atoms with E-state index in [4.69, 9.17) is 0 Å². The number of nitrogens with zero attached hydrogens (tertiary/aromatic N) is 1. The maximum absolute atomic E-state index is 3.85. The van der Waals surface area contributed by atoms with Crippen molar-refractivity contribution < 1.29 is 0 Å². The standard InChI is InChI=1S/C16H30N2/c1-12-5-4-6-15(9-12)18-11-16(3,14-7-8-14)17-10-13(18)2/h12-15,17H,4-11H2,1-3H3. The Balaban J connectivity index is 1.68. The van der Waals surface area contributed by atoms with E-state index in [1.54, 1.807) is 0 Å². The molecule has 4 unspecified atom stereocenters. The Bertz CT molecular complexity index is 299. The molecule has 1 saturated heterocycles. The fourth-order valence-electron chi connectivity index (χ4n) is 4.28. The van der Waals surface area contributed by atoms with Gasteiger partial charge in [-0.05, 0) is 51.4 Å². The minimum absolute atomic E-state index is 0.410. The Morgan fingerprint density at radius 1 is 1.11 bits per heavy atom. The van der Waals surface area contributed by atoms with Crippen molar-refractivity contribution in [3.63, 3.8) is 0 Å². The van der Waals surface area contributed by atoms with E-state index in [2.05, 4.69) is 31.0 Å². The Labute approximate surface area is 113 Å². The largest absolute Gasteiger partial charge is 0.308 e. The molecule has 2 aliphatic carbocycles. The van der Waals surface area contributed by atoms with Gasteiger partial charge in [-0.1, -0.05) is 19.8 Å². The molecule has 0 bridgehead atoms. The summed E-state index contributed by atoms with van der Waals surface area (Å²) in [4.78, 5) is 2.85. The van der Waals surface area contributed by atoms with Crippen molar-refractivity contribution in [1.29, 1.82) is 0 Å². The molecule has 0 aromatic rings. The molecule has 0 amide bonds. The van der Waals surface area contributed by atoms with Gasteiger partial charge in [0.05, 0.1) is 0 Å². The van der Waals surface area contributed by atoms with Crippen LogP contribution in [0.2, 0.25) is 0 Å². The highest BCUT2D eigenvalue weighted by Gasteiger charge is 2.46. The molecule has 0 spiro atoms. The first-order valence-corrected chi connectivity index (χ1v) is 8.09. The van der Waals surface area contributed by atoms with Crippen molar-refractivity contribution in [2.75, 3.05) is 13.1 Å². The van der Waals surface area contributed by atoms with E-state index >= 15 is 0 Å². The summed E-state index contributed by atoms with van der Waals surface area (Å²) >= 11 is 0. The summed E-state index contributed by atoms with van der Waals surface area (Å²) in [5.74, 6) is 1.89. The SMILES string of the molecule is CC1CCCC(N2CC(C)(C3CC3)NCC2C)C1. The minimum Gasteiger partial charge on any atom is -0.308 e. The normalized spacial score (nSPS) is 47.2. The van der Waals surface area contributed by atoms with Gasteiger partial charge < -0.3 is 5.32 Å². The van der Waals surface area contributed by atoms with Gasteiger partial charge in [0, 0.05) is 30.7 Å². The molecule has 0 aromatic carbocycles. The summed E-state index contributed by atoms with van der Waals surface area (Å²) in [6.45, 7) is 9.81. The number of hydrogen-bond donors (Lipinski definition) is 1. The van der Waals surface area contributed by atoms with Crippen molar-refractivity contribution in [3.8, 4) is 0 Å². The zero-order valence-corrected chi connectivity index (χ0v) is 12.4. The molecular formula is C16H30N2. The highest BCUT2D eigenvalue weighted by molar-refractivity contribution is 5.04. The zero-order chi connectivity index (χ0) is 12.8. The number of rotatable bonds is 2. The van der Waals surface area contributed by atoms with Gasteiger partial charge in [0.1, 0.15) is 0 Å². The van der Waals surface area contributed by atoms with E-state index in [9.17, 15) is 0 Å². The summed E-state index contributed by atoms with van der Waals surface area (Å²) in [5, 5.41) is 3.85. The van der Waals surface area contributed by atoms with Gasteiger partial charge in [0.15, 0.2) is 0 Å². The predicted molar refractivity (Wildman–Crippen MR) is 76.7 cm³/mol. The second-order valence-electron chi connectivity index (χ2n) is 7.52. The maximum atomic E-state index is 3.85. The molecule has 18 heavy (non-hydrogen) atoms.